The maximum atomic E-state index is 5.98. The van der Waals surface area contributed by atoms with Gasteiger partial charge in [0.1, 0.15) is 12.4 Å². The van der Waals surface area contributed by atoms with Gasteiger partial charge in [0.05, 0.1) is 0 Å². The highest BCUT2D eigenvalue weighted by Gasteiger charge is 2.08. The number of para-hydroxylation sites is 1. The van der Waals surface area contributed by atoms with Crippen LogP contribution in [0.2, 0.25) is 0 Å². The molecule has 2 N–H and O–H groups in total. The van der Waals surface area contributed by atoms with Gasteiger partial charge >= 0.3 is 0 Å². The molecule has 0 radical (unpaired) electrons. The van der Waals surface area contributed by atoms with Crippen molar-refractivity contribution in [1.29, 1.82) is 0 Å². The minimum atomic E-state index is 0.0378. The van der Waals surface area contributed by atoms with Crippen LogP contribution < -0.4 is 10.5 Å². The Kier molecular flexibility index (Phi) is 4.73. The normalized spacial score (nSPS) is 11.4. The van der Waals surface area contributed by atoms with Gasteiger partial charge in [-0.15, -0.1) is 5.92 Å². The van der Waals surface area contributed by atoms with Gasteiger partial charge in [-0.25, -0.2) is 0 Å². The summed E-state index contributed by atoms with van der Waals surface area (Å²) in [6.45, 7) is 4.28. The highest BCUT2D eigenvalue weighted by molar-refractivity contribution is 5.35. The van der Waals surface area contributed by atoms with Gasteiger partial charge in [0.15, 0.2) is 0 Å². The average molecular weight is 203 g/mol. The van der Waals surface area contributed by atoms with E-state index in [4.69, 9.17) is 10.5 Å². The topological polar surface area (TPSA) is 35.2 Å². The molecular formula is C13H17NO. The van der Waals surface area contributed by atoms with Crippen LogP contribution in [0.4, 0.5) is 0 Å². The van der Waals surface area contributed by atoms with Crippen molar-refractivity contribution in [3.8, 4) is 17.6 Å². The predicted molar refractivity (Wildman–Crippen MR) is 62.6 cm³/mol. The summed E-state index contributed by atoms with van der Waals surface area (Å²) in [5.74, 6) is 6.50. The van der Waals surface area contributed by atoms with Gasteiger partial charge in [0.25, 0.3) is 0 Å². The lowest BCUT2D eigenvalue weighted by atomic mass is 10.0. The maximum absolute atomic E-state index is 5.98. The molecule has 0 spiro atoms. The van der Waals surface area contributed by atoms with Crippen LogP contribution in [0.15, 0.2) is 24.3 Å². The van der Waals surface area contributed by atoms with E-state index >= 15 is 0 Å². The van der Waals surface area contributed by atoms with Gasteiger partial charge in [-0.3, -0.25) is 0 Å². The van der Waals surface area contributed by atoms with Gasteiger partial charge < -0.3 is 10.5 Å². The molecule has 0 saturated carbocycles. The molecule has 1 atom stereocenters. The molecule has 0 aromatic heterocycles. The van der Waals surface area contributed by atoms with Crippen molar-refractivity contribution in [2.24, 2.45) is 5.73 Å². The highest BCUT2D eigenvalue weighted by atomic mass is 16.5. The molecule has 15 heavy (non-hydrogen) atoms. The van der Waals surface area contributed by atoms with E-state index in [1.807, 2.05) is 24.3 Å². The van der Waals surface area contributed by atoms with Gasteiger partial charge in [-0.2, -0.15) is 0 Å². The number of rotatable bonds is 4. The number of benzene rings is 1. The van der Waals surface area contributed by atoms with E-state index in [2.05, 4.69) is 18.8 Å². The van der Waals surface area contributed by atoms with Crippen LogP contribution in [0.3, 0.4) is 0 Å². The average Bonchev–Trinajstić information content (AvgIpc) is 2.29. The second-order valence-electron chi connectivity index (χ2n) is 3.27. The molecule has 0 fully saturated rings. The lowest BCUT2D eigenvalue weighted by Gasteiger charge is -2.14. The summed E-state index contributed by atoms with van der Waals surface area (Å²) in [5.41, 5.74) is 7.04. The lowest BCUT2D eigenvalue weighted by Crippen LogP contribution is -2.10. The molecule has 2 heteroatoms. The van der Waals surface area contributed by atoms with Crippen LogP contribution in [-0.4, -0.2) is 6.61 Å². The Morgan fingerprint density at radius 1 is 1.40 bits per heavy atom. The molecule has 2 nitrogen and oxygen atoms in total. The summed E-state index contributed by atoms with van der Waals surface area (Å²) in [6, 6.07) is 7.89. The van der Waals surface area contributed by atoms with Crippen LogP contribution in [0, 0.1) is 11.8 Å². The Balaban J connectivity index is 2.79. The summed E-state index contributed by atoms with van der Waals surface area (Å²) in [7, 11) is 0. The van der Waals surface area contributed by atoms with Crippen molar-refractivity contribution >= 4 is 0 Å². The standard InChI is InChI=1S/C13H17NO/c1-3-5-10-15-13-9-7-6-8-11(13)12(14)4-2/h6-9,12H,4,10,14H2,1-2H3/t12-/m0/s1. The zero-order valence-corrected chi connectivity index (χ0v) is 9.29. The highest BCUT2D eigenvalue weighted by Crippen LogP contribution is 2.24. The van der Waals surface area contributed by atoms with Gasteiger partial charge in [-0.05, 0) is 19.4 Å². The van der Waals surface area contributed by atoms with E-state index in [0.717, 1.165) is 17.7 Å². The SMILES string of the molecule is CC#CCOc1ccccc1[C@@H](N)CC. The third-order valence-electron chi connectivity index (χ3n) is 2.23. The first kappa shape index (κ1) is 11.6. The summed E-state index contributed by atoms with van der Waals surface area (Å²) in [6.07, 6.45) is 0.903. The second-order valence-corrected chi connectivity index (χ2v) is 3.27. The molecule has 0 unspecified atom stereocenters. The molecule has 0 heterocycles. The fraction of sp³-hybridized carbons (Fsp3) is 0.385. The third kappa shape index (κ3) is 3.30. The minimum absolute atomic E-state index is 0.0378. The van der Waals surface area contributed by atoms with Crippen LogP contribution >= 0.6 is 0 Å². The molecule has 0 saturated heterocycles. The van der Waals surface area contributed by atoms with Crippen LogP contribution in [0.25, 0.3) is 0 Å². The van der Waals surface area contributed by atoms with Gasteiger partial charge in [-0.1, -0.05) is 31.0 Å². The molecule has 0 bridgehead atoms. The quantitative estimate of drug-likeness (QED) is 0.763. The van der Waals surface area contributed by atoms with E-state index in [9.17, 15) is 0 Å². The molecular weight excluding hydrogens is 186 g/mol. The third-order valence-corrected chi connectivity index (χ3v) is 2.23. The zero-order chi connectivity index (χ0) is 11.1. The first-order chi connectivity index (χ1) is 7.29. The number of nitrogens with two attached hydrogens (primary N) is 1. The van der Waals surface area contributed by atoms with Crippen molar-refractivity contribution in [2.75, 3.05) is 6.61 Å². The molecule has 1 aromatic rings. The van der Waals surface area contributed by atoms with Gasteiger partial charge in [0, 0.05) is 11.6 Å². The van der Waals surface area contributed by atoms with Crippen LogP contribution in [-0.2, 0) is 0 Å². The summed E-state index contributed by atoms with van der Waals surface area (Å²) in [4.78, 5) is 0. The van der Waals surface area contributed by atoms with Crippen molar-refractivity contribution in [1.82, 2.24) is 0 Å². The fourth-order valence-corrected chi connectivity index (χ4v) is 1.32. The Morgan fingerprint density at radius 3 is 2.80 bits per heavy atom. The molecule has 1 rings (SSSR count). The monoisotopic (exact) mass is 203 g/mol. The Labute approximate surface area is 91.4 Å². The second kappa shape index (κ2) is 6.10. The van der Waals surface area contributed by atoms with E-state index in [0.29, 0.717) is 6.61 Å². The largest absolute Gasteiger partial charge is 0.481 e. The smallest absolute Gasteiger partial charge is 0.149 e. The first-order valence-corrected chi connectivity index (χ1v) is 5.16. The van der Waals surface area contributed by atoms with E-state index in [1.165, 1.54) is 0 Å². The lowest BCUT2D eigenvalue weighted by molar-refractivity contribution is 0.362. The molecule has 0 aliphatic rings. The molecule has 0 aliphatic carbocycles. The molecule has 0 aliphatic heterocycles. The molecule has 1 aromatic carbocycles. The number of hydrogen-bond acceptors (Lipinski definition) is 2. The number of ether oxygens (including phenoxy) is 1. The number of hydrogen-bond donors (Lipinski definition) is 1. The van der Waals surface area contributed by atoms with Crippen molar-refractivity contribution in [2.45, 2.75) is 26.3 Å². The Bertz CT molecular complexity index is 362. The molecule has 0 amide bonds. The van der Waals surface area contributed by atoms with E-state index < -0.39 is 0 Å². The minimum Gasteiger partial charge on any atom is -0.481 e. The zero-order valence-electron chi connectivity index (χ0n) is 9.29. The van der Waals surface area contributed by atoms with E-state index in [-0.39, 0.29) is 6.04 Å². The van der Waals surface area contributed by atoms with Gasteiger partial charge in [0.2, 0.25) is 0 Å². The Morgan fingerprint density at radius 2 is 2.13 bits per heavy atom. The van der Waals surface area contributed by atoms with Crippen molar-refractivity contribution in [3.05, 3.63) is 29.8 Å². The maximum Gasteiger partial charge on any atom is 0.149 e. The first-order valence-electron chi connectivity index (χ1n) is 5.16. The van der Waals surface area contributed by atoms with Crippen LogP contribution in [0.5, 0.6) is 5.75 Å². The predicted octanol–water partition coefficient (Wildman–Crippen LogP) is 2.50. The van der Waals surface area contributed by atoms with Crippen molar-refractivity contribution in [3.63, 3.8) is 0 Å². The van der Waals surface area contributed by atoms with Crippen molar-refractivity contribution < 1.29 is 4.74 Å². The summed E-state index contributed by atoms with van der Waals surface area (Å²) >= 11 is 0. The van der Waals surface area contributed by atoms with E-state index in [1.54, 1.807) is 6.92 Å². The summed E-state index contributed by atoms with van der Waals surface area (Å²) in [5, 5.41) is 0. The summed E-state index contributed by atoms with van der Waals surface area (Å²) < 4.78 is 5.55. The fourth-order valence-electron chi connectivity index (χ4n) is 1.32. The molecule has 80 valence electrons. The van der Waals surface area contributed by atoms with Crippen LogP contribution in [0.1, 0.15) is 31.9 Å². The Hall–Kier alpha value is -1.46.